The fourth-order valence-electron chi connectivity index (χ4n) is 1.89. The molecule has 0 radical (unpaired) electrons. The first kappa shape index (κ1) is 16.7. The number of carbonyl (C=O) groups is 1. The van der Waals surface area contributed by atoms with E-state index < -0.39 is 17.7 Å². The SMILES string of the molecule is O=C(NCCC=Cc1cccc(F)c1F)OCc1ccccc1. The molecule has 3 nitrogen and oxygen atoms in total. The van der Waals surface area contributed by atoms with Crippen LogP contribution in [-0.2, 0) is 11.3 Å². The largest absolute Gasteiger partial charge is 0.445 e. The molecule has 23 heavy (non-hydrogen) atoms. The second-order valence-corrected chi connectivity index (χ2v) is 4.82. The number of carbonyl (C=O) groups excluding carboxylic acids is 1. The number of hydrogen-bond donors (Lipinski definition) is 1. The maximum Gasteiger partial charge on any atom is 0.407 e. The summed E-state index contributed by atoms with van der Waals surface area (Å²) in [4.78, 5) is 11.5. The highest BCUT2D eigenvalue weighted by atomic mass is 19.2. The highest BCUT2D eigenvalue weighted by molar-refractivity contribution is 5.67. The van der Waals surface area contributed by atoms with Crippen molar-refractivity contribution >= 4 is 12.2 Å². The average Bonchev–Trinajstić information content (AvgIpc) is 2.57. The van der Waals surface area contributed by atoms with Gasteiger partial charge in [-0.15, -0.1) is 0 Å². The van der Waals surface area contributed by atoms with Gasteiger partial charge in [-0.05, 0) is 18.1 Å². The Labute approximate surface area is 133 Å². The standard InChI is InChI=1S/C18H17F2NO2/c19-16-11-6-10-15(17(16)20)9-4-5-12-21-18(22)23-13-14-7-2-1-3-8-14/h1-4,6-11H,5,12-13H2,(H,21,22). The zero-order valence-corrected chi connectivity index (χ0v) is 12.5. The Morgan fingerprint density at radius 3 is 2.65 bits per heavy atom. The van der Waals surface area contributed by atoms with Gasteiger partial charge in [0.15, 0.2) is 11.6 Å². The molecular weight excluding hydrogens is 300 g/mol. The molecule has 0 fully saturated rings. The first-order chi connectivity index (χ1) is 11.2. The molecule has 0 heterocycles. The summed E-state index contributed by atoms with van der Waals surface area (Å²) >= 11 is 0. The van der Waals surface area contributed by atoms with Gasteiger partial charge in [0.05, 0.1) is 0 Å². The normalized spacial score (nSPS) is 10.7. The van der Waals surface area contributed by atoms with Crippen LogP contribution >= 0.6 is 0 Å². The summed E-state index contributed by atoms with van der Waals surface area (Å²) in [6.07, 6.45) is 3.11. The lowest BCUT2D eigenvalue weighted by molar-refractivity contribution is 0.140. The lowest BCUT2D eigenvalue weighted by atomic mass is 10.2. The molecular formula is C18H17F2NO2. The van der Waals surface area contributed by atoms with Crippen molar-refractivity contribution in [3.63, 3.8) is 0 Å². The van der Waals surface area contributed by atoms with E-state index in [1.807, 2.05) is 30.3 Å². The molecule has 0 spiro atoms. The monoisotopic (exact) mass is 317 g/mol. The van der Waals surface area contributed by atoms with E-state index in [0.717, 1.165) is 11.6 Å². The fraction of sp³-hybridized carbons (Fsp3) is 0.167. The number of hydrogen-bond acceptors (Lipinski definition) is 2. The van der Waals surface area contributed by atoms with E-state index in [9.17, 15) is 13.6 Å². The zero-order valence-electron chi connectivity index (χ0n) is 12.5. The Balaban J connectivity index is 1.67. The lowest BCUT2D eigenvalue weighted by Crippen LogP contribution is -2.24. The van der Waals surface area contributed by atoms with Crippen LogP contribution in [0.2, 0.25) is 0 Å². The molecule has 2 rings (SSSR count). The molecule has 0 bridgehead atoms. The fourth-order valence-corrected chi connectivity index (χ4v) is 1.89. The van der Waals surface area contributed by atoms with Gasteiger partial charge in [0.25, 0.3) is 0 Å². The number of nitrogens with one attached hydrogen (secondary N) is 1. The van der Waals surface area contributed by atoms with Gasteiger partial charge in [-0.25, -0.2) is 13.6 Å². The summed E-state index contributed by atoms with van der Waals surface area (Å²) in [6, 6.07) is 13.3. The van der Waals surface area contributed by atoms with Gasteiger partial charge in [-0.2, -0.15) is 0 Å². The molecule has 2 aromatic carbocycles. The van der Waals surface area contributed by atoms with Crippen LogP contribution in [0.4, 0.5) is 13.6 Å². The topological polar surface area (TPSA) is 38.3 Å². The molecule has 2 aromatic rings. The van der Waals surface area contributed by atoms with Gasteiger partial charge in [0, 0.05) is 12.1 Å². The number of halogens is 2. The van der Waals surface area contributed by atoms with Crippen LogP contribution in [0.5, 0.6) is 0 Å². The predicted octanol–water partition coefficient (Wildman–Crippen LogP) is 4.29. The van der Waals surface area contributed by atoms with Gasteiger partial charge >= 0.3 is 6.09 Å². The van der Waals surface area contributed by atoms with Crippen molar-refractivity contribution in [1.29, 1.82) is 0 Å². The van der Waals surface area contributed by atoms with E-state index in [1.54, 1.807) is 6.08 Å². The maximum absolute atomic E-state index is 13.4. The van der Waals surface area contributed by atoms with Crippen LogP contribution < -0.4 is 5.32 Å². The third-order valence-electron chi connectivity index (χ3n) is 3.07. The number of alkyl carbamates (subject to hydrolysis) is 1. The molecule has 0 saturated heterocycles. The van der Waals surface area contributed by atoms with Crippen molar-refractivity contribution in [1.82, 2.24) is 5.32 Å². The van der Waals surface area contributed by atoms with Crippen LogP contribution in [0.1, 0.15) is 17.5 Å². The first-order valence-electron chi connectivity index (χ1n) is 7.22. The van der Waals surface area contributed by atoms with E-state index in [0.29, 0.717) is 13.0 Å². The van der Waals surface area contributed by atoms with Crippen molar-refractivity contribution in [3.05, 3.63) is 77.4 Å². The summed E-state index contributed by atoms with van der Waals surface area (Å²) in [7, 11) is 0. The van der Waals surface area contributed by atoms with Gasteiger partial charge < -0.3 is 10.1 Å². The van der Waals surface area contributed by atoms with Crippen molar-refractivity contribution in [3.8, 4) is 0 Å². The molecule has 5 heteroatoms. The number of benzene rings is 2. The highest BCUT2D eigenvalue weighted by Crippen LogP contribution is 2.12. The second kappa shape index (κ2) is 8.68. The van der Waals surface area contributed by atoms with E-state index in [-0.39, 0.29) is 12.2 Å². The van der Waals surface area contributed by atoms with Crippen LogP contribution in [0.3, 0.4) is 0 Å². The second-order valence-electron chi connectivity index (χ2n) is 4.82. The molecule has 1 N–H and O–H groups in total. The summed E-state index contributed by atoms with van der Waals surface area (Å²) in [5.74, 6) is -1.76. The number of rotatable bonds is 6. The Hall–Kier alpha value is -2.69. The molecule has 1 amide bonds. The third kappa shape index (κ3) is 5.54. The predicted molar refractivity (Wildman–Crippen MR) is 84.6 cm³/mol. The highest BCUT2D eigenvalue weighted by Gasteiger charge is 2.04. The molecule has 120 valence electrons. The summed E-state index contributed by atoms with van der Waals surface area (Å²) in [5.41, 5.74) is 1.08. The lowest BCUT2D eigenvalue weighted by Gasteiger charge is -2.05. The summed E-state index contributed by atoms with van der Waals surface area (Å²) in [5, 5.41) is 2.58. The van der Waals surface area contributed by atoms with E-state index in [4.69, 9.17) is 4.74 Å². The Bertz CT molecular complexity index is 672. The molecule has 0 unspecified atom stereocenters. The van der Waals surface area contributed by atoms with Crippen LogP contribution in [0.25, 0.3) is 6.08 Å². The number of ether oxygens (including phenoxy) is 1. The Morgan fingerprint density at radius 1 is 1.09 bits per heavy atom. The summed E-state index contributed by atoms with van der Waals surface area (Å²) < 4.78 is 31.4. The first-order valence-corrected chi connectivity index (χ1v) is 7.22. The molecule has 0 saturated carbocycles. The van der Waals surface area contributed by atoms with Gasteiger partial charge in [-0.3, -0.25) is 0 Å². The van der Waals surface area contributed by atoms with Gasteiger partial charge in [-0.1, -0.05) is 54.6 Å². The van der Waals surface area contributed by atoms with Crippen molar-refractivity contribution in [2.24, 2.45) is 0 Å². The van der Waals surface area contributed by atoms with E-state index >= 15 is 0 Å². The Morgan fingerprint density at radius 2 is 1.87 bits per heavy atom. The molecule has 0 atom stereocenters. The van der Waals surface area contributed by atoms with Crippen LogP contribution in [0, 0.1) is 11.6 Å². The molecule has 0 aromatic heterocycles. The maximum atomic E-state index is 13.4. The van der Waals surface area contributed by atoms with Gasteiger partial charge in [0.2, 0.25) is 0 Å². The molecule has 0 aliphatic rings. The number of amides is 1. The van der Waals surface area contributed by atoms with Crippen molar-refractivity contribution in [2.45, 2.75) is 13.0 Å². The van der Waals surface area contributed by atoms with Crippen molar-refractivity contribution < 1.29 is 18.3 Å². The quantitative estimate of drug-likeness (QED) is 0.807. The minimum absolute atomic E-state index is 0.177. The Kier molecular flexibility index (Phi) is 6.29. The zero-order chi connectivity index (χ0) is 16.5. The minimum atomic E-state index is -0.880. The smallest absolute Gasteiger partial charge is 0.407 e. The molecule has 0 aliphatic heterocycles. The van der Waals surface area contributed by atoms with Gasteiger partial charge in [0.1, 0.15) is 6.61 Å². The average molecular weight is 317 g/mol. The van der Waals surface area contributed by atoms with E-state index in [1.165, 1.54) is 18.2 Å². The summed E-state index contributed by atoms with van der Waals surface area (Å²) in [6.45, 7) is 0.554. The van der Waals surface area contributed by atoms with Crippen molar-refractivity contribution in [2.75, 3.05) is 6.54 Å². The van der Waals surface area contributed by atoms with E-state index in [2.05, 4.69) is 5.32 Å². The molecule has 0 aliphatic carbocycles. The minimum Gasteiger partial charge on any atom is -0.445 e. The van der Waals surface area contributed by atoms with Crippen LogP contribution in [0.15, 0.2) is 54.6 Å². The third-order valence-corrected chi connectivity index (χ3v) is 3.07. The van der Waals surface area contributed by atoms with Crippen LogP contribution in [-0.4, -0.2) is 12.6 Å².